The van der Waals surface area contributed by atoms with E-state index in [1.165, 1.54) is 11.9 Å². The van der Waals surface area contributed by atoms with Gasteiger partial charge >= 0.3 is 5.97 Å². The van der Waals surface area contributed by atoms with E-state index in [4.69, 9.17) is 10.8 Å². The summed E-state index contributed by atoms with van der Waals surface area (Å²) in [7, 11) is 0. The molecule has 1 saturated heterocycles. The van der Waals surface area contributed by atoms with Crippen LogP contribution in [-0.2, 0) is 4.79 Å². The number of nitrogens with one attached hydrogen (secondary N) is 1. The number of piperidine rings is 1. The highest BCUT2D eigenvalue weighted by atomic mass is 16.4. The second-order valence-corrected chi connectivity index (χ2v) is 6.50. The highest BCUT2D eigenvalue weighted by Crippen LogP contribution is 2.32. The quantitative estimate of drug-likeness (QED) is 0.785. The molecule has 1 aromatic carbocycles. The Morgan fingerprint density at radius 3 is 2.64 bits per heavy atom. The third-order valence-corrected chi connectivity index (χ3v) is 4.64. The van der Waals surface area contributed by atoms with Crippen LogP contribution >= 0.6 is 0 Å². The van der Waals surface area contributed by atoms with Crippen LogP contribution in [0, 0.1) is 19.8 Å². The summed E-state index contributed by atoms with van der Waals surface area (Å²) in [6.07, 6.45) is 2.68. The van der Waals surface area contributed by atoms with E-state index in [2.05, 4.69) is 28.3 Å². The topological polar surface area (TPSA) is 104 Å². The third kappa shape index (κ3) is 3.65. The first kappa shape index (κ1) is 17.0. The second-order valence-electron chi connectivity index (χ2n) is 6.50. The number of nitrogens with two attached hydrogens (primary N) is 1. The molecule has 0 radical (unpaired) electrons. The third-order valence-electron chi connectivity index (χ3n) is 4.64. The van der Waals surface area contributed by atoms with Crippen molar-refractivity contribution in [3.63, 3.8) is 0 Å². The van der Waals surface area contributed by atoms with Crippen molar-refractivity contribution < 1.29 is 9.90 Å². The van der Waals surface area contributed by atoms with Crippen molar-refractivity contribution in [1.29, 1.82) is 0 Å². The van der Waals surface area contributed by atoms with Crippen molar-refractivity contribution >= 4 is 29.0 Å². The molecule has 0 saturated carbocycles. The summed E-state index contributed by atoms with van der Waals surface area (Å²) in [5.74, 6) is 0.211. The van der Waals surface area contributed by atoms with E-state index in [0.29, 0.717) is 43.3 Å². The number of hydrogen-bond donors (Lipinski definition) is 3. The molecule has 25 heavy (non-hydrogen) atoms. The number of hydrogen-bond acceptors (Lipinski definition) is 6. The molecule has 0 amide bonds. The highest BCUT2D eigenvalue weighted by molar-refractivity contribution is 5.79. The first-order valence-electron chi connectivity index (χ1n) is 8.38. The highest BCUT2D eigenvalue weighted by Gasteiger charge is 2.26. The van der Waals surface area contributed by atoms with Crippen LogP contribution in [0.2, 0.25) is 0 Å². The van der Waals surface area contributed by atoms with Crippen LogP contribution in [0.5, 0.6) is 0 Å². The number of aliphatic carboxylic acids is 1. The van der Waals surface area contributed by atoms with Crippen molar-refractivity contribution in [1.82, 2.24) is 9.97 Å². The number of rotatable bonds is 4. The molecule has 0 spiro atoms. The van der Waals surface area contributed by atoms with Gasteiger partial charge in [-0.2, -0.15) is 0 Å². The zero-order valence-corrected chi connectivity index (χ0v) is 14.5. The number of nitrogens with zero attached hydrogens (tertiary/aromatic N) is 3. The number of aryl methyl sites for hydroxylation is 2. The Morgan fingerprint density at radius 2 is 2.00 bits per heavy atom. The van der Waals surface area contributed by atoms with Gasteiger partial charge in [0.2, 0.25) is 0 Å². The predicted octanol–water partition coefficient (Wildman–Crippen LogP) is 2.72. The predicted molar refractivity (Wildman–Crippen MR) is 98.2 cm³/mol. The molecular formula is C18H23N5O2. The summed E-state index contributed by atoms with van der Waals surface area (Å²) in [5, 5.41) is 12.4. The lowest BCUT2D eigenvalue weighted by molar-refractivity contribution is -0.142. The monoisotopic (exact) mass is 341 g/mol. The minimum absolute atomic E-state index is 0.285. The molecule has 1 aromatic heterocycles. The number of carboxylic acid groups (broad SMARTS) is 1. The van der Waals surface area contributed by atoms with Gasteiger partial charge in [-0.3, -0.25) is 4.79 Å². The summed E-state index contributed by atoms with van der Waals surface area (Å²) in [6.45, 7) is 5.33. The van der Waals surface area contributed by atoms with E-state index in [-0.39, 0.29) is 5.92 Å². The average molecular weight is 341 g/mol. The van der Waals surface area contributed by atoms with Gasteiger partial charge in [-0.15, -0.1) is 0 Å². The van der Waals surface area contributed by atoms with Gasteiger partial charge < -0.3 is 21.1 Å². The van der Waals surface area contributed by atoms with Gasteiger partial charge in [-0.1, -0.05) is 17.7 Å². The molecule has 2 heterocycles. The Kier molecular flexibility index (Phi) is 4.74. The molecule has 1 aliphatic heterocycles. The maximum atomic E-state index is 11.1. The minimum Gasteiger partial charge on any atom is -0.481 e. The fraction of sp³-hybridized carbons (Fsp3) is 0.389. The van der Waals surface area contributed by atoms with Gasteiger partial charge in [-0.25, -0.2) is 9.97 Å². The van der Waals surface area contributed by atoms with Crippen molar-refractivity contribution in [3.8, 4) is 0 Å². The van der Waals surface area contributed by atoms with Crippen LogP contribution in [0.1, 0.15) is 24.0 Å². The van der Waals surface area contributed by atoms with E-state index in [9.17, 15) is 4.79 Å². The summed E-state index contributed by atoms with van der Waals surface area (Å²) in [4.78, 5) is 21.7. The molecule has 132 valence electrons. The molecule has 1 fully saturated rings. The van der Waals surface area contributed by atoms with Crippen LogP contribution in [0.4, 0.5) is 23.0 Å². The number of anilines is 4. The number of aromatic nitrogens is 2. The molecule has 0 aliphatic carbocycles. The Bertz CT molecular complexity index is 785. The fourth-order valence-corrected chi connectivity index (χ4v) is 3.16. The SMILES string of the molecule is Cc1ccc(Nc2ncnc(N3CCC(C(=O)O)CC3)c2N)c(C)c1. The molecule has 7 nitrogen and oxygen atoms in total. The smallest absolute Gasteiger partial charge is 0.306 e. The summed E-state index contributed by atoms with van der Waals surface area (Å²) in [6, 6.07) is 6.13. The standard InChI is InChI=1S/C18H23N5O2/c1-11-3-4-14(12(2)9-11)22-16-15(19)17(21-10-20-16)23-7-5-13(6-8-23)18(24)25/h3-4,9-10,13H,5-8,19H2,1-2H3,(H,24,25)(H,20,21,22). The van der Waals surface area contributed by atoms with Gasteiger partial charge in [0, 0.05) is 18.8 Å². The molecule has 1 aliphatic rings. The first-order chi connectivity index (χ1) is 12.0. The molecule has 0 bridgehead atoms. The molecule has 0 unspecified atom stereocenters. The normalized spacial score (nSPS) is 15.2. The van der Waals surface area contributed by atoms with E-state index >= 15 is 0 Å². The fourth-order valence-electron chi connectivity index (χ4n) is 3.16. The zero-order chi connectivity index (χ0) is 18.0. The molecule has 0 atom stereocenters. The van der Waals surface area contributed by atoms with Gasteiger partial charge in [0.1, 0.15) is 12.0 Å². The largest absolute Gasteiger partial charge is 0.481 e. The Hall–Kier alpha value is -2.83. The second kappa shape index (κ2) is 6.96. The summed E-state index contributed by atoms with van der Waals surface area (Å²) < 4.78 is 0. The Morgan fingerprint density at radius 1 is 1.28 bits per heavy atom. The van der Waals surface area contributed by atoms with E-state index in [1.54, 1.807) is 0 Å². The summed E-state index contributed by atoms with van der Waals surface area (Å²) >= 11 is 0. The maximum absolute atomic E-state index is 11.1. The van der Waals surface area contributed by atoms with Gasteiger partial charge in [0.25, 0.3) is 0 Å². The van der Waals surface area contributed by atoms with E-state index in [1.807, 2.05) is 24.0 Å². The minimum atomic E-state index is -0.729. The van der Waals surface area contributed by atoms with Crippen molar-refractivity contribution in [2.75, 3.05) is 29.0 Å². The lowest BCUT2D eigenvalue weighted by Gasteiger charge is -2.31. The number of carboxylic acids is 1. The molecule has 2 aromatic rings. The number of nitrogen functional groups attached to an aromatic ring is 1. The van der Waals surface area contributed by atoms with Crippen LogP contribution in [0.15, 0.2) is 24.5 Å². The number of carbonyl (C=O) groups is 1. The molecule has 3 rings (SSSR count). The van der Waals surface area contributed by atoms with Gasteiger partial charge in [-0.05, 0) is 38.3 Å². The van der Waals surface area contributed by atoms with E-state index < -0.39 is 5.97 Å². The van der Waals surface area contributed by atoms with Gasteiger partial charge in [0.15, 0.2) is 11.6 Å². The van der Waals surface area contributed by atoms with Crippen LogP contribution in [0.25, 0.3) is 0 Å². The Balaban J connectivity index is 1.80. The van der Waals surface area contributed by atoms with Crippen LogP contribution in [0.3, 0.4) is 0 Å². The average Bonchev–Trinajstić information content (AvgIpc) is 2.59. The summed E-state index contributed by atoms with van der Waals surface area (Å²) in [5.41, 5.74) is 10.0. The zero-order valence-electron chi connectivity index (χ0n) is 14.5. The van der Waals surface area contributed by atoms with Gasteiger partial charge in [0.05, 0.1) is 5.92 Å². The Labute approximate surface area is 146 Å². The lowest BCUT2D eigenvalue weighted by atomic mass is 9.97. The van der Waals surface area contributed by atoms with Crippen LogP contribution in [-0.4, -0.2) is 34.1 Å². The van der Waals surface area contributed by atoms with Crippen molar-refractivity contribution in [2.45, 2.75) is 26.7 Å². The first-order valence-corrected chi connectivity index (χ1v) is 8.38. The van der Waals surface area contributed by atoms with Crippen LogP contribution < -0.4 is 16.0 Å². The van der Waals surface area contributed by atoms with Crippen molar-refractivity contribution in [2.24, 2.45) is 5.92 Å². The maximum Gasteiger partial charge on any atom is 0.306 e. The lowest BCUT2D eigenvalue weighted by Crippen LogP contribution is -2.37. The van der Waals surface area contributed by atoms with E-state index in [0.717, 1.165) is 11.3 Å². The molecule has 7 heteroatoms. The van der Waals surface area contributed by atoms with Crippen molar-refractivity contribution in [3.05, 3.63) is 35.7 Å². The molecular weight excluding hydrogens is 318 g/mol. The molecule has 4 N–H and O–H groups in total. The number of benzene rings is 1.